The third-order valence-electron chi connectivity index (χ3n) is 3.28. The lowest BCUT2D eigenvalue weighted by atomic mass is 10.0. The SMILES string of the molecule is C#CCOC(=O)CCC(=O)Oc1ccc(-c2ccc(C#N)cc2)cc1. The smallest absolute Gasteiger partial charge is 0.311 e. The van der Waals surface area contributed by atoms with Crippen LogP contribution in [0.15, 0.2) is 48.5 Å². The van der Waals surface area contributed by atoms with Crippen LogP contribution < -0.4 is 4.74 Å². The van der Waals surface area contributed by atoms with Crippen molar-refractivity contribution >= 4 is 11.9 Å². The molecular weight excluding hydrogens is 318 g/mol. The number of hydrogen-bond donors (Lipinski definition) is 0. The number of hydrogen-bond acceptors (Lipinski definition) is 5. The number of terminal acetylenes is 1. The maximum atomic E-state index is 11.7. The summed E-state index contributed by atoms with van der Waals surface area (Å²) in [7, 11) is 0. The number of benzene rings is 2. The molecule has 0 aromatic heterocycles. The number of rotatable bonds is 6. The van der Waals surface area contributed by atoms with E-state index in [1.54, 1.807) is 24.3 Å². The molecule has 25 heavy (non-hydrogen) atoms. The first-order chi connectivity index (χ1) is 12.1. The third-order valence-corrected chi connectivity index (χ3v) is 3.28. The molecule has 124 valence electrons. The van der Waals surface area contributed by atoms with Gasteiger partial charge in [0.15, 0.2) is 6.61 Å². The molecule has 0 heterocycles. The highest BCUT2D eigenvalue weighted by atomic mass is 16.5. The zero-order chi connectivity index (χ0) is 18.1. The molecule has 0 saturated carbocycles. The number of nitriles is 1. The van der Waals surface area contributed by atoms with Crippen LogP contribution in [0.5, 0.6) is 5.75 Å². The molecule has 5 nitrogen and oxygen atoms in total. The van der Waals surface area contributed by atoms with Gasteiger partial charge in [-0.15, -0.1) is 6.42 Å². The van der Waals surface area contributed by atoms with Crippen LogP contribution in [-0.2, 0) is 14.3 Å². The van der Waals surface area contributed by atoms with Crippen LogP contribution in [0.2, 0.25) is 0 Å². The van der Waals surface area contributed by atoms with Crippen LogP contribution >= 0.6 is 0 Å². The molecule has 0 amide bonds. The first-order valence-electron chi connectivity index (χ1n) is 7.52. The van der Waals surface area contributed by atoms with Crippen molar-refractivity contribution in [2.24, 2.45) is 0 Å². The van der Waals surface area contributed by atoms with Gasteiger partial charge in [0, 0.05) is 0 Å². The highest BCUT2D eigenvalue weighted by Gasteiger charge is 2.10. The average molecular weight is 333 g/mol. The molecule has 0 spiro atoms. The fourth-order valence-corrected chi connectivity index (χ4v) is 2.03. The fraction of sp³-hybridized carbons (Fsp3) is 0.150. The van der Waals surface area contributed by atoms with Crippen molar-refractivity contribution in [3.05, 3.63) is 54.1 Å². The van der Waals surface area contributed by atoms with Gasteiger partial charge in [0.2, 0.25) is 0 Å². The Morgan fingerprint density at radius 2 is 1.48 bits per heavy atom. The normalized spacial score (nSPS) is 9.52. The Bertz CT molecular complexity index is 824. The predicted molar refractivity (Wildman–Crippen MR) is 91.3 cm³/mol. The molecule has 0 radical (unpaired) electrons. The van der Waals surface area contributed by atoms with Gasteiger partial charge in [-0.3, -0.25) is 9.59 Å². The number of ether oxygens (including phenoxy) is 2. The molecule has 0 atom stereocenters. The lowest BCUT2D eigenvalue weighted by molar-refractivity contribution is -0.145. The summed E-state index contributed by atoms with van der Waals surface area (Å²) >= 11 is 0. The van der Waals surface area contributed by atoms with Gasteiger partial charge >= 0.3 is 11.9 Å². The van der Waals surface area contributed by atoms with Crippen molar-refractivity contribution in [2.45, 2.75) is 12.8 Å². The van der Waals surface area contributed by atoms with Crippen molar-refractivity contribution in [1.82, 2.24) is 0 Å². The highest BCUT2D eigenvalue weighted by molar-refractivity contribution is 5.79. The predicted octanol–water partition coefficient (Wildman–Crippen LogP) is 3.09. The van der Waals surface area contributed by atoms with E-state index in [2.05, 4.69) is 16.7 Å². The van der Waals surface area contributed by atoms with E-state index in [0.717, 1.165) is 11.1 Å². The van der Waals surface area contributed by atoms with Crippen molar-refractivity contribution in [3.8, 4) is 35.3 Å². The number of carbonyl (C=O) groups is 2. The molecule has 0 fully saturated rings. The Labute approximate surface area is 145 Å². The Morgan fingerprint density at radius 1 is 0.920 bits per heavy atom. The molecular formula is C20H15NO4. The standard InChI is InChI=1S/C20H15NO4/c1-2-13-24-19(22)11-12-20(23)25-18-9-7-17(8-10-18)16-5-3-15(14-21)4-6-16/h1,3-10H,11-13H2. The Morgan fingerprint density at radius 3 is 2.04 bits per heavy atom. The molecule has 0 aliphatic heterocycles. The maximum Gasteiger partial charge on any atom is 0.311 e. The lowest BCUT2D eigenvalue weighted by Gasteiger charge is -2.06. The Kier molecular flexibility index (Phi) is 6.33. The van der Waals surface area contributed by atoms with Crippen LogP contribution in [0.25, 0.3) is 11.1 Å². The van der Waals surface area contributed by atoms with E-state index in [0.29, 0.717) is 11.3 Å². The summed E-state index contributed by atoms with van der Waals surface area (Å²) in [4.78, 5) is 23.0. The van der Waals surface area contributed by atoms with Crippen molar-refractivity contribution in [3.63, 3.8) is 0 Å². The van der Waals surface area contributed by atoms with Crippen LogP contribution in [0, 0.1) is 23.7 Å². The molecule has 2 rings (SSSR count). The van der Waals surface area contributed by atoms with Crippen LogP contribution in [-0.4, -0.2) is 18.5 Å². The zero-order valence-corrected chi connectivity index (χ0v) is 13.4. The van der Waals surface area contributed by atoms with Gasteiger partial charge in [-0.25, -0.2) is 0 Å². The van der Waals surface area contributed by atoms with E-state index >= 15 is 0 Å². The second-order valence-corrected chi connectivity index (χ2v) is 5.05. The van der Waals surface area contributed by atoms with Crippen molar-refractivity contribution < 1.29 is 19.1 Å². The van der Waals surface area contributed by atoms with Crippen LogP contribution in [0.1, 0.15) is 18.4 Å². The summed E-state index contributed by atoms with van der Waals surface area (Å²) in [6.07, 6.45) is 4.81. The Hall–Kier alpha value is -3.57. The molecule has 5 heteroatoms. The lowest BCUT2D eigenvalue weighted by Crippen LogP contribution is -2.12. The summed E-state index contributed by atoms with van der Waals surface area (Å²) < 4.78 is 9.84. The minimum Gasteiger partial charge on any atom is -0.452 e. The van der Waals surface area contributed by atoms with Crippen molar-refractivity contribution in [1.29, 1.82) is 5.26 Å². The molecule has 0 aliphatic rings. The summed E-state index contributed by atoms with van der Waals surface area (Å²) in [5, 5.41) is 8.80. The summed E-state index contributed by atoms with van der Waals surface area (Å²) in [5.74, 6) is 1.50. The fourth-order valence-electron chi connectivity index (χ4n) is 2.03. The van der Waals surface area contributed by atoms with Gasteiger partial charge in [-0.2, -0.15) is 5.26 Å². The van der Waals surface area contributed by atoms with Crippen molar-refractivity contribution in [2.75, 3.05) is 6.61 Å². The van der Waals surface area contributed by atoms with E-state index in [4.69, 9.17) is 16.4 Å². The number of carbonyl (C=O) groups excluding carboxylic acids is 2. The second kappa shape index (κ2) is 8.90. The molecule has 0 aliphatic carbocycles. The maximum absolute atomic E-state index is 11.7. The van der Waals surface area contributed by atoms with Gasteiger partial charge in [-0.05, 0) is 35.4 Å². The van der Waals surface area contributed by atoms with Gasteiger partial charge in [0.1, 0.15) is 5.75 Å². The van der Waals surface area contributed by atoms with E-state index in [-0.39, 0.29) is 19.4 Å². The van der Waals surface area contributed by atoms with Crippen LogP contribution in [0.3, 0.4) is 0 Å². The van der Waals surface area contributed by atoms with Gasteiger partial charge < -0.3 is 9.47 Å². The van der Waals surface area contributed by atoms with Gasteiger partial charge in [0.25, 0.3) is 0 Å². The van der Waals surface area contributed by atoms with E-state index in [1.165, 1.54) is 0 Å². The topological polar surface area (TPSA) is 76.4 Å². The first-order valence-corrected chi connectivity index (χ1v) is 7.52. The summed E-state index contributed by atoms with van der Waals surface area (Å²) in [6.45, 7) is -0.106. The summed E-state index contributed by atoms with van der Waals surface area (Å²) in [6, 6.07) is 16.2. The Balaban J connectivity index is 1.89. The minimum absolute atomic E-state index is 0.0795. The molecule has 2 aromatic carbocycles. The molecule has 0 saturated heterocycles. The largest absolute Gasteiger partial charge is 0.452 e. The quantitative estimate of drug-likeness (QED) is 0.461. The van der Waals surface area contributed by atoms with Gasteiger partial charge in [0.05, 0.1) is 24.5 Å². The number of nitrogens with zero attached hydrogens (tertiary/aromatic N) is 1. The minimum atomic E-state index is -0.536. The van der Waals surface area contributed by atoms with Crippen LogP contribution in [0.4, 0.5) is 0 Å². The molecule has 0 bridgehead atoms. The molecule has 0 N–H and O–H groups in total. The molecule has 0 unspecified atom stereocenters. The first kappa shape index (κ1) is 17.8. The highest BCUT2D eigenvalue weighted by Crippen LogP contribution is 2.23. The summed E-state index contributed by atoms with van der Waals surface area (Å²) in [5.41, 5.74) is 2.48. The van der Waals surface area contributed by atoms with E-state index in [1.807, 2.05) is 24.3 Å². The average Bonchev–Trinajstić information content (AvgIpc) is 2.65. The zero-order valence-electron chi connectivity index (χ0n) is 13.4. The molecule has 2 aromatic rings. The van der Waals surface area contributed by atoms with Gasteiger partial charge in [-0.1, -0.05) is 30.2 Å². The third kappa shape index (κ3) is 5.53. The number of esters is 2. The van der Waals surface area contributed by atoms with E-state index in [9.17, 15) is 9.59 Å². The monoisotopic (exact) mass is 333 g/mol. The van der Waals surface area contributed by atoms with E-state index < -0.39 is 11.9 Å². The second-order valence-electron chi connectivity index (χ2n) is 5.05.